The fraction of sp³-hybridized carbons (Fsp3) is 0.200. The second kappa shape index (κ2) is 5.70. The molecule has 1 aromatic carbocycles. The van der Waals surface area contributed by atoms with Crippen molar-refractivity contribution in [2.45, 2.75) is 20.0 Å². The molecule has 0 aliphatic carbocycles. The number of nitrogens with one attached hydrogen (secondary N) is 1. The summed E-state index contributed by atoms with van der Waals surface area (Å²) in [6, 6.07) is 5.74. The maximum atomic E-state index is 5.72. The number of hydrogen-bond donors (Lipinski definition) is 1. The molecule has 1 N–H and O–H groups in total. The van der Waals surface area contributed by atoms with E-state index in [0.29, 0.717) is 11.6 Å². The molecule has 0 radical (unpaired) electrons. The van der Waals surface area contributed by atoms with E-state index in [1.807, 2.05) is 32.0 Å². The van der Waals surface area contributed by atoms with Gasteiger partial charge in [-0.1, -0.05) is 0 Å². The van der Waals surface area contributed by atoms with E-state index in [9.17, 15) is 0 Å². The van der Waals surface area contributed by atoms with Gasteiger partial charge in [-0.25, -0.2) is 15.0 Å². The SMILES string of the molecule is CC(C)Oc1ccc2ncnc(Nc3cnccn3)c2c1. The Morgan fingerprint density at radius 1 is 1.10 bits per heavy atom. The lowest BCUT2D eigenvalue weighted by Gasteiger charge is -2.12. The molecule has 0 amide bonds. The van der Waals surface area contributed by atoms with Gasteiger partial charge in [0.1, 0.15) is 23.7 Å². The Labute approximate surface area is 122 Å². The molecule has 0 saturated heterocycles. The van der Waals surface area contributed by atoms with Crippen LogP contribution in [0, 0.1) is 0 Å². The van der Waals surface area contributed by atoms with Crippen LogP contribution in [0.1, 0.15) is 13.8 Å². The Bertz CT molecular complexity index is 745. The molecule has 2 aromatic heterocycles. The fourth-order valence-corrected chi connectivity index (χ4v) is 1.97. The molecular formula is C15H15N5O. The third kappa shape index (κ3) is 3.05. The lowest BCUT2D eigenvalue weighted by Crippen LogP contribution is -2.05. The van der Waals surface area contributed by atoms with Gasteiger partial charge < -0.3 is 10.1 Å². The van der Waals surface area contributed by atoms with Crippen LogP contribution in [0.2, 0.25) is 0 Å². The minimum absolute atomic E-state index is 0.114. The lowest BCUT2D eigenvalue weighted by molar-refractivity contribution is 0.243. The highest BCUT2D eigenvalue weighted by molar-refractivity contribution is 5.91. The summed E-state index contributed by atoms with van der Waals surface area (Å²) in [4.78, 5) is 16.7. The van der Waals surface area contributed by atoms with E-state index >= 15 is 0 Å². The van der Waals surface area contributed by atoms with Crippen LogP contribution >= 0.6 is 0 Å². The molecule has 21 heavy (non-hydrogen) atoms. The zero-order valence-electron chi connectivity index (χ0n) is 11.8. The van der Waals surface area contributed by atoms with Crippen molar-refractivity contribution in [3.05, 3.63) is 43.1 Å². The summed E-state index contributed by atoms with van der Waals surface area (Å²) in [5.74, 6) is 2.09. The van der Waals surface area contributed by atoms with Crippen LogP contribution in [0.25, 0.3) is 10.9 Å². The molecule has 3 aromatic rings. The normalized spacial score (nSPS) is 10.8. The molecule has 6 nitrogen and oxygen atoms in total. The number of benzene rings is 1. The molecule has 3 rings (SSSR count). The minimum Gasteiger partial charge on any atom is -0.491 e. The Kier molecular flexibility index (Phi) is 3.59. The van der Waals surface area contributed by atoms with Crippen LogP contribution in [0.5, 0.6) is 5.75 Å². The smallest absolute Gasteiger partial charge is 0.150 e. The first-order valence-electron chi connectivity index (χ1n) is 6.67. The van der Waals surface area contributed by atoms with Crippen molar-refractivity contribution in [2.75, 3.05) is 5.32 Å². The molecular weight excluding hydrogens is 266 g/mol. The Hall–Kier alpha value is -2.76. The van der Waals surface area contributed by atoms with Gasteiger partial charge in [-0.3, -0.25) is 4.98 Å². The van der Waals surface area contributed by atoms with Gasteiger partial charge in [-0.05, 0) is 32.0 Å². The standard InChI is InChI=1S/C15H15N5O/c1-10(2)21-11-3-4-13-12(7-11)15(19-9-18-13)20-14-8-16-5-6-17-14/h3-10H,1-2H3,(H,17,18,19,20). The summed E-state index contributed by atoms with van der Waals surface area (Å²) >= 11 is 0. The predicted molar refractivity (Wildman–Crippen MR) is 80.6 cm³/mol. The van der Waals surface area contributed by atoms with Crippen molar-refractivity contribution < 1.29 is 4.74 Å². The second-order valence-electron chi connectivity index (χ2n) is 4.78. The summed E-state index contributed by atoms with van der Waals surface area (Å²) in [5.41, 5.74) is 0.840. The van der Waals surface area contributed by atoms with Crippen molar-refractivity contribution in [1.29, 1.82) is 0 Å². The van der Waals surface area contributed by atoms with E-state index in [4.69, 9.17) is 4.74 Å². The number of fused-ring (bicyclic) bond motifs is 1. The van der Waals surface area contributed by atoms with Gasteiger partial charge in [0.2, 0.25) is 0 Å². The van der Waals surface area contributed by atoms with E-state index < -0.39 is 0 Å². The summed E-state index contributed by atoms with van der Waals surface area (Å²) in [6.45, 7) is 3.98. The van der Waals surface area contributed by atoms with Crippen LogP contribution in [-0.4, -0.2) is 26.0 Å². The third-order valence-corrected chi connectivity index (χ3v) is 2.79. The van der Waals surface area contributed by atoms with E-state index in [2.05, 4.69) is 25.3 Å². The molecule has 6 heteroatoms. The van der Waals surface area contributed by atoms with E-state index in [-0.39, 0.29) is 6.10 Å². The van der Waals surface area contributed by atoms with Crippen LogP contribution < -0.4 is 10.1 Å². The quantitative estimate of drug-likeness (QED) is 0.792. The Morgan fingerprint density at radius 2 is 2.00 bits per heavy atom. The highest BCUT2D eigenvalue weighted by Gasteiger charge is 2.07. The minimum atomic E-state index is 0.114. The zero-order valence-corrected chi connectivity index (χ0v) is 11.8. The largest absolute Gasteiger partial charge is 0.491 e. The molecule has 0 fully saturated rings. The number of anilines is 2. The second-order valence-corrected chi connectivity index (χ2v) is 4.78. The molecule has 106 valence electrons. The first-order valence-corrected chi connectivity index (χ1v) is 6.67. The average Bonchev–Trinajstić information content (AvgIpc) is 2.48. The van der Waals surface area contributed by atoms with E-state index in [1.54, 1.807) is 18.6 Å². The topological polar surface area (TPSA) is 72.8 Å². The molecule has 0 bridgehead atoms. The molecule has 2 heterocycles. The Morgan fingerprint density at radius 3 is 2.76 bits per heavy atom. The number of nitrogens with zero attached hydrogens (tertiary/aromatic N) is 4. The van der Waals surface area contributed by atoms with Gasteiger partial charge in [0, 0.05) is 17.8 Å². The van der Waals surface area contributed by atoms with Crippen LogP contribution in [0.15, 0.2) is 43.1 Å². The van der Waals surface area contributed by atoms with Gasteiger partial charge >= 0.3 is 0 Å². The lowest BCUT2D eigenvalue weighted by atomic mass is 10.2. The van der Waals surface area contributed by atoms with Gasteiger partial charge in [0.05, 0.1) is 17.8 Å². The first-order chi connectivity index (χ1) is 10.2. The number of ether oxygens (including phenoxy) is 1. The highest BCUT2D eigenvalue weighted by Crippen LogP contribution is 2.26. The van der Waals surface area contributed by atoms with Crippen LogP contribution in [0.3, 0.4) is 0 Å². The maximum absolute atomic E-state index is 5.72. The number of rotatable bonds is 4. The van der Waals surface area contributed by atoms with E-state index in [1.165, 1.54) is 6.33 Å². The predicted octanol–water partition coefficient (Wildman–Crippen LogP) is 2.95. The average molecular weight is 281 g/mol. The molecule has 0 aliphatic heterocycles. The van der Waals surface area contributed by atoms with Gasteiger partial charge in [0.15, 0.2) is 0 Å². The molecule has 0 spiro atoms. The molecule has 0 saturated carbocycles. The highest BCUT2D eigenvalue weighted by atomic mass is 16.5. The van der Waals surface area contributed by atoms with Crippen molar-refractivity contribution in [3.63, 3.8) is 0 Å². The Balaban J connectivity index is 2.01. The molecule has 0 aliphatic rings. The molecule has 0 atom stereocenters. The van der Waals surface area contributed by atoms with E-state index in [0.717, 1.165) is 16.7 Å². The van der Waals surface area contributed by atoms with Gasteiger partial charge in [-0.15, -0.1) is 0 Å². The molecule has 0 unspecified atom stereocenters. The summed E-state index contributed by atoms with van der Waals surface area (Å²) in [7, 11) is 0. The summed E-state index contributed by atoms with van der Waals surface area (Å²) < 4.78 is 5.72. The van der Waals surface area contributed by atoms with Crippen molar-refractivity contribution >= 4 is 22.5 Å². The van der Waals surface area contributed by atoms with Crippen molar-refractivity contribution in [3.8, 4) is 5.75 Å². The third-order valence-electron chi connectivity index (χ3n) is 2.79. The maximum Gasteiger partial charge on any atom is 0.150 e. The van der Waals surface area contributed by atoms with Gasteiger partial charge in [0.25, 0.3) is 0 Å². The summed E-state index contributed by atoms with van der Waals surface area (Å²) in [5, 5.41) is 4.02. The monoisotopic (exact) mass is 281 g/mol. The zero-order chi connectivity index (χ0) is 14.7. The van der Waals surface area contributed by atoms with Crippen LogP contribution in [0.4, 0.5) is 11.6 Å². The summed E-state index contributed by atoms with van der Waals surface area (Å²) in [6.07, 6.45) is 6.52. The fourth-order valence-electron chi connectivity index (χ4n) is 1.97. The number of aromatic nitrogens is 4. The van der Waals surface area contributed by atoms with Crippen molar-refractivity contribution in [2.24, 2.45) is 0 Å². The number of hydrogen-bond acceptors (Lipinski definition) is 6. The van der Waals surface area contributed by atoms with Gasteiger partial charge in [-0.2, -0.15) is 0 Å². The first kappa shape index (κ1) is 13.2. The van der Waals surface area contributed by atoms with Crippen molar-refractivity contribution in [1.82, 2.24) is 19.9 Å². The van der Waals surface area contributed by atoms with Crippen LogP contribution in [-0.2, 0) is 0 Å².